The molecule has 0 aliphatic heterocycles. The Morgan fingerprint density at radius 3 is 1.17 bits per heavy atom. The Hall–Kier alpha value is 0.337. The summed E-state index contributed by atoms with van der Waals surface area (Å²) >= 11 is -0.569. The second kappa shape index (κ2) is 20.3. The van der Waals surface area contributed by atoms with E-state index < -0.39 is 36.8 Å². The van der Waals surface area contributed by atoms with Gasteiger partial charge in [-0.1, -0.05) is 13.8 Å². The molecule has 0 unspecified atom stereocenters. The number of hydrogen-bond acceptors (Lipinski definition) is 4. The van der Waals surface area contributed by atoms with E-state index in [2.05, 4.69) is 69.5 Å². The number of hydrogen-bond donors (Lipinski definition) is 0. The third kappa shape index (κ3) is 12.3. The molecule has 0 saturated heterocycles. The van der Waals surface area contributed by atoms with E-state index in [1.807, 2.05) is 22.7 Å². The molecule has 3 rings (SSSR count). The molecule has 262 valence electrons. The number of fused-ring (bicyclic) bond motifs is 2. The quantitative estimate of drug-likeness (QED) is 0.0659. The van der Waals surface area contributed by atoms with Gasteiger partial charge in [-0.2, -0.15) is 0 Å². The summed E-state index contributed by atoms with van der Waals surface area (Å²) in [4.78, 5) is 15.4. The second-order valence-corrected chi connectivity index (χ2v) is 49.1. The van der Waals surface area contributed by atoms with E-state index in [0.29, 0.717) is 11.8 Å². The standard InChI is InChI=1S/C34H52O2S2.6CH3.2Sn/c1-5-9-13-15-19-27(17-11-7-3)25-35-31-29-21-23-38-34(29)32(30-22-24-37-33(30)31)36-26-28(18-12-8-4)20-16-14-10-6-2;;;;;;;;/h21-22,27-28H,5-20,25-26H2,1-4H3;6*1H3;;/t27-,28+;;;;;;;;. The average molecular weight is 885 g/mol. The van der Waals surface area contributed by atoms with Gasteiger partial charge in [0.25, 0.3) is 0 Å². The minimum absolute atomic E-state index is 0.644. The predicted molar refractivity (Wildman–Crippen MR) is 218 cm³/mol. The summed E-state index contributed by atoms with van der Waals surface area (Å²) in [6, 6.07) is 5.11. The van der Waals surface area contributed by atoms with Crippen molar-refractivity contribution in [2.24, 2.45) is 11.8 Å². The molecular weight excluding hydrogens is 814 g/mol. The van der Waals surface area contributed by atoms with Crippen molar-refractivity contribution in [2.45, 2.75) is 160 Å². The van der Waals surface area contributed by atoms with Crippen molar-refractivity contribution in [1.82, 2.24) is 0 Å². The SMILES string of the molecule is CCCCCC[C@@H](CCCC)COc1c2c[c]([Sn]([CH3])([CH3])[CH3])sc2c(OC[C@@H](CCCC)CCCCCC)c2c[c]([Sn]([CH3])([CH3])[CH3])sc12. The molecule has 46 heavy (non-hydrogen) atoms. The fraction of sp³-hybridized carbons (Fsp3) is 0.750. The maximum atomic E-state index is 7.12. The van der Waals surface area contributed by atoms with E-state index >= 15 is 0 Å². The first-order valence-electron chi connectivity index (χ1n) is 19.2. The van der Waals surface area contributed by atoms with Crippen LogP contribution in [-0.2, 0) is 0 Å². The van der Waals surface area contributed by atoms with Gasteiger partial charge in [0, 0.05) is 0 Å². The molecule has 0 saturated carbocycles. The van der Waals surface area contributed by atoms with Crippen molar-refractivity contribution in [3.8, 4) is 11.5 Å². The van der Waals surface area contributed by atoms with Gasteiger partial charge in [-0.25, -0.2) is 0 Å². The molecule has 0 N–H and O–H groups in total. The number of unbranched alkanes of at least 4 members (excludes halogenated alkanes) is 8. The van der Waals surface area contributed by atoms with Gasteiger partial charge in [-0.05, 0) is 0 Å². The van der Waals surface area contributed by atoms with Gasteiger partial charge in [0.05, 0.1) is 0 Å². The van der Waals surface area contributed by atoms with Crippen LogP contribution in [0.5, 0.6) is 11.5 Å². The molecule has 2 heterocycles. The summed E-state index contributed by atoms with van der Waals surface area (Å²) in [5, 5.41) is 2.69. The number of benzene rings is 1. The Morgan fingerprint density at radius 2 is 0.848 bits per heavy atom. The second-order valence-electron chi connectivity index (χ2n) is 16.2. The molecule has 0 radical (unpaired) electrons. The summed E-state index contributed by atoms with van der Waals surface area (Å²) < 4.78 is 20.2. The van der Waals surface area contributed by atoms with Gasteiger partial charge < -0.3 is 0 Å². The Morgan fingerprint density at radius 1 is 0.500 bits per heavy atom. The Labute approximate surface area is 300 Å². The Bertz CT molecular complexity index is 1140. The first-order valence-corrected chi connectivity index (χ1v) is 40.8. The maximum absolute atomic E-state index is 7.12. The zero-order chi connectivity index (χ0) is 33.7. The zero-order valence-corrected chi connectivity index (χ0v) is 39.0. The average Bonchev–Trinajstić information content (AvgIpc) is 3.65. The van der Waals surface area contributed by atoms with Crippen LogP contribution in [0.3, 0.4) is 0 Å². The van der Waals surface area contributed by atoms with Crippen LogP contribution < -0.4 is 15.3 Å². The van der Waals surface area contributed by atoms with Crippen LogP contribution in [0.4, 0.5) is 0 Å². The molecule has 2 aromatic heterocycles. The molecule has 3 aromatic rings. The summed E-state index contributed by atoms with van der Waals surface area (Å²) in [7, 11) is 0. The summed E-state index contributed by atoms with van der Waals surface area (Å²) in [6.45, 7) is 11.0. The Balaban J connectivity index is 2.08. The molecular formula is C40H70O2S2Sn2. The van der Waals surface area contributed by atoms with Crippen LogP contribution >= 0.6 is 22.7 Å². The van der Waals surface area contributed by atoms with Crippen molar-refractivity contribution in [1.29, 1.82) is 0 Å². The van der Waals surface area contributed by atoms with Crippen LogP contribution in [0.2, 0.25) is 29.6 Å². The molecule has 2 nitrogen and oxygen atoms in total. The molecule has 0 aliphatic rings. The van der Waals surface area contributed by atoms with Gasteiger partial charge in [0.15, 0.2) is 0 Å². The van der Waals surface area contributed by atoms with Crippen molar-refractivity contribution in [2.75, 3.05) is 13.2 Å². The fourth-order valence-corrected chi connectivity index (χ4v) is 19.2. The summed E-state index contributed by atoms with van der Waals surface area (Å²) in [5.41, 5.74) is 0. The van der Waals surface area contributed by atoms with Crippen LogP contribution in [0.1, 0.15) is 130 Å². The number of rotatable bonds is 24. The van der Waals surface area contributed by atoms with Crippen molar-refractivity contribution < 1.29 is 9.47 Å². The molecule has 2 atom stereocenters. The topological polar surface area (TPSA) is 18.5 Å². The van der Waals surface area contributed by atoms with E-state index in [1.54, 1.807) is 5.79 Å². The molecule has 0 fully saturated rings. The van der Waals surface area contributed by atoms with Gasteiger partial charge in [-0.3, -0.25) is 0 Å². The molecule has 6 heteroatoms. The monoisotopic (exact) mass is 886 g/mol. The van der Waals surface area contributed by atoms with E-state index in [-0.39, 0.29) is 0 Å². The van der Waals surface area contributed by atoms with Crippen molar-refractivity contribution >= 4 is 85.4 Å². The summed E-state index contributed by atoms with van der Waals surface area (Å²) in [6.07, 6.45) is 21.0. The molecule has 1 aromatic carbocycles. The van der Waals surface area contributed by atoms with E-state index in [0.717, 1.165) is 13.2 Å². The van der Waals surface area contributed by atoms with E-state index in [1.165, 1.54) is 134 Å². The van der Waals surface area contributed by atoms with E-state index in [4.69, 9.17) is 9.47 Å². The first-order chi connectivity index (χ1) is 21.9. The molecule has 0 amide bonds. The minimum atomic E-state index is -2.33. The first kappa shape index (κ1) is 40.8. The van der Waals surface area contributed by atoms with Gasteiger partial charge >= 0.3 is 290 Å². The molecule has 0 spiro atoms. The van der Waals surface area contributed by atoms with Crippen LogP contribution in [0.25, 0.3) is 20.2 Å². The zero-order valence-electron chi connectivity index (χ0n) is 31.7. The third-order valence-electron chi connectivity index (χ3n) is 9.63. The van der Waals surface area contributed by atoms with Crippen LogP contribution in [-0.4, -0.2) is 50.0 Å². The number of ether oxygens (including phenoxy) is 2. The van der Waals surface area contributed by atoms with Gasteiger partial charge in [-0.15, -0.1) is 0 Å². The number of thiophene rings is 2. The van der Waals surface area contributed by atoms with Gasteiger partial charge in [0.1, 0.15) is 0 Å². The van der Waals surface area contributed by atoms with E-state index in [9.17, 15) is 0 Å². The van der Waals surface area contributed by atoms with Crippen molar-refractivity contribution in [3.05, 3.63) is 12.1 Å². The summed E-state index contributed by atoms with van der Waals surface area (Å²) in [5.74, 6) is 3.65. The van der Waals surface area contributed by atoms with Gasteiger partial charge in [0.2, 0.25) is 0 Å². The van der Waals surface area contributed by atoms with Crippen molar-refractivity contribution in [3.63, 3.8) is 0 Å². The van der Waals surface area contributed by atoms with Crippen LogP contribution in [0, 0.1) is 11.8 Å². The Kier molecular flexibility index (Phi) is 17.9. The predicted octanol–water partition coefficient (Wildman–Crippen LogP) is 13.5. The fourth-order valence-electron chi connectivity index (χ4n) is 6.46. The normalized spacial score (nSPS) is 14.0. The van der Waals surface area contributed by atoms with Crippen LogP contribution in [0.15, 0.2) is 12.1 Å². The molecule has 0 aliphatic carbocycles. The third-order valence-corrected chi connectivity index (χ3v) is 30.8. The molecule has 0 bridgehead atoms.